The van der Waals surface area contributed by atoms with Crippen molar-refractivity contribution in [2.24, 2.45) is 5.92 Å². The van der Waals surface area contributed by atoms with E-state index in [0.717, 1.165) is 31.9 Å². The minimum atomic E-state index is -0.221. The van der Waals surface area contributed by atoms with Crippen LogP contribution in [0.15, 0.2) is 18.2 Å². The molecule has 2 aliphatic rings. The van der Waals surface area contributed by atoms with Gasteiger partial charge >= 0.3 is 0 Å². The van der Waals surface area contributed by atoms with Crippen molar-refractivity contribution < 1.29 is 9.59 Å². The number of hydrogen-bond acceptors (Lipinski definition) is 3. The number of para-hydroxylation sites is 1. The first-order valence-corrected chi connectivity index (χ1v) is 10.2. The second-order valence-corrected chi connectivity index (χ2v) is 8.63. The van der Waals surface area contributed by atoms with Gasteiger partial charge in [0.05, 0.1) is 11.6 Å². The van der Waals surface area contributed by atoms with Crippen LogP contribution in [0.5, 0.6) is 0 Å². The second kappa shape index (κ2) is 8.01. The summed E-state index contributed by atoms with van der Waals surface area (Å²) in [7, 11) is 2.08. The Balaban J connectivity index is 1.85. The number of likely N-dealkylation sites (N-methyl/N-ethyl adjacent to an activating group) is 1. The van der Waals surface area contributed by atoms with E-state index in [9.17, 15) is 9.59 Å². The SMILES string of the molecule is CC(C)c1cccc(C(C)C)c1N1CC(C(=O)N2CCN(C)CC2)CC1=O. The lowest BCUT2D eigenvalue weighted by Gasteiger charge is -2.34. The van der Waals surface area contributed by atoms with Crippen LogP contribution >= 0.6 is 0 Å². The minimum Gasteiger partial charge on any atom is -0.340 e. The Morgan fingerprint density at radius 3 is 2.07 bits per heavy atom. The Bertz CT molecular complexity index is 679. The van der Waals surface area contributed by atoms with Crippen LogP contribution < -0.4 is 4.90 Å². The summed E-state index contributed by atoms with van der Waals surface area (Å²) in [5.74, 6) is 0.670. The fraction of sp³-hybridized carbons (Fsp3) is 0.636. The third-order valence-electron chi connectivity index (χ3n) is 5.90. The Hall–Kier alpha value is -1.88. The van der Waals surface area contributed by atoms with E-state index in [1.807, 2.05) is 9.80 Å². The molecule has 0 N–H and O–H groups in total. The van der Waals surface area contributed by atoms with E-state index in [1.54, 1.807) is 0 Å². The zero-order valence-electron chi connectivity index (χ0n) is 17.4. The zero-order chi connectivity index (χ0) is 19.7. The molecule has 3 rings (SSSR count). The number of carbonyl (C=O) groups is 2. The molecule has 1 aromatic rings. The van der Waals surface area contributed by atoms with Crippen molar-refractivity contribution in [3.8, 4) is 0 Å². The maximum Gasteiger partial charge on any atom is 0.228 e. The predicted molar refractivity (Wildman–Crippen MR) is 109 cm³/mol. The largest absolute Gasteiger partial charge is 0.340 e. The fourth-order valence-corrected chi connectivity index (χ4v) is 4.20. The maximum atomic E-state index is 13.0. The third-order valence-corrected chi connectivity index (χ3v) is 5.90. The highest BCUT2D eigenvalue weighted by Crippen LogP contribution is 2.38. The van der Waals surface area contributed by atoms with Gasteiger partial charge in [0.25, 0.3) is 0 Å². The lowest BCUT2D eigenvalue weighted by molar-refractivity contribution is -0.137. The van der Waals surface area contributed by atoms with Gasteiger partial charge in [0, 0.05) is 39.1 Å². The highest BCUT2D eigenvalue weighted by atomic mass is 16.2. The molecule has 0 aromatic heterocycles. The van der Waals surface area contributed by atoms with Gasteiger partial charge in [-0.1, -0.05) is 45.9 Å². The predicted octanol–water partition coefficient (Wildman–Crippen LogP) is 3.06. The summed E-state index contributed by atoms with van der Waals surface area (Å²) in [4.78, 5) is 32.0. The normalized spacial score (nSPS) is 21.6. The summed E-state index contributed by atoms with van der Waals surface area (Å²) in [6.45, 7) is 12.5. The van der Waals surface area contributed by atoms with Gasteiger partial charge in [0.1, 0.15) is 0 Å². The Morgan fingerprint density at radius 1 is 1.00 bits per heavy atom. The molecule has 0 radical (unpaired) electrons. The standard InChI is InChI=1S/C22H33N3O2/c1-15(2)18-7-6-8-19(16(3)4)21(18)25-14-17(13-20(25)26)22(27)24-11-9-23(5)10-12-24/h6-8,15-17H,9-14H2,1-5H3. The number of amides is 2. The first kappa shape index (κ1) is 19.9. The van der Waals surface area contributed by atoms with Gasteiger partial charge < -0.3 is 14.7 Å². The van der Waals surface area contributed by atoms with Crippen LogP contribution in [0, 0.1) is 5.92 Å². The molecule has 1 aromatic carbocycles. The number of hydrogen-bond donors (Lipinski definition) is 0. The molecular formula is C22H33N3O2. The molecule has 0 saturated carbocycles. The molecule has 2 fully saturated rings. The molecular weight excluding hydrogens is 338 g/mol. The molecule has 1 atom stereocenters. The van der Waals surface area contributed by atoms with Crippen molar-refractivity contribution in [1.82, 2.24) is 9.80 Å². The smallest absolute Gasteiger partial charge is 0.228 e. The first-order valence-electron chi connectivity index (χ1n) is 10.2. The van der Waals surface area contributed by atoms with E-state index in [2.05, 4.69) is 57.8 Å². The topological polar surface area (TPSA) is 43.9 Å². The molecule has 148 valence electrons. The number of carbonyl (C=O) groups excluding carboxylic acids is 2. The summed E-state index contributed by atoms with van der Waals surface area (Å²) in [6.07, 6.45) is 0.329. The second-order valence-electron chi connectivity index (χ2n) is 8.63. The average Bonchev–Trinajstić information content (AvgIpc) is 3.02. The van der Waals surface area contributed by atoms with E-state index in [-0.39, 0.29) is 17.7 Å². The van der Waals surface area contributed by atoms with Gasteiger partial charge in [-0.3, -0.25) is 9.59 Å². The van der Waals surface area contributed by atoms with Gasteiger partial charge in [-0.25, -0.2) is 0 Å². The van der Waals surface area contributed by atoms with Crippen molar-refractivity contribution in [2.75, 3.05) is 44.7 Å². The lowest BCUT2D eigenvalue weighted by atomic mass is 9.92. The van der Waals surface area contributed by atoms with Crippen LogP contribution in [0.1, 0.15) is 57.1 Å². The molecule has 1 unspecified atom stereocenters. The molecule has 0 spiro atoms. The first-order chi connectivity index (χ1) is 12.8. The fourth-order valence-electron chi connectivity index (χ4n) is 4.20. The summed E-state index contributed by atoms with van der Waals surface area (Å²) < 4.78 is 0. The van der Waals surface area contributed by atoms with E-state index in [0.29, 0.717) is 24.8 Å². The van der Waals surface area contributed by atoms with Crippen LogP contribution in [-0.2, 0) is 9.59 Å². The van der Waals surface area contributed by atoms with Crippen molar-refractivity contribution in [2.45, 2.75) is 46.0 Å². The van der Waals surface area contributed by atoms with Gasteiger partial charge in [-0.05, 0) is 30.0 Å². The quantitative estimate of drug-likeness (QED) is 0.817. The Kier molecular flexibility index (Phi) is 5.89. The zero-order valence-corrected chi connectivity index (χ0v) is 17.4. The third kappa shape index (κ3) is 4.03. The molecule has 0 aliphatic carbocycles. The average molecular weight is 372 g/mol. The highest BCUT2D eigenvalue weighted by Gasteiger charge is 2.39. The number of anilines is 1. The molecule has 2 amide bonds. The number of rotatable bonds is 4. The van der Waals surface area contributed by atoms with Crippen LogP contribution in [-0.4, -0.2) is 61.4 Å². The van der Waals surface area contributed by atoms with Crippen LogP contribution in [0.3, 0.4) is 0 Å². The highest BCUT2D eigenvalue weighted by molar-refractivity contribution is 6.01. The van der Waals surface area contributed by atoms with Crippen LogP contribution in [0.2, 0.25) is 0 Å². The Morgan fingerprint density at radius 2 is 1.56 bits per heavy atom. The summed E-state index contributed by atoms with van der Waals surface area (Å²) in [6, 6.07) is 6.32. The van der Waals surface area contributed by atoms with Crippen LogP contribution in [0.25, 0.3) is 0 Å². The molecule has 2 saturated heterocycles. The molecule has 5 heteroatoms. The van der Waals surface area contributed by atoms with Crippen molar-refractivity contribution in [3.05, 3.63) is 29.3 Å². The maximum absolute atomic E-state index is 13.0. The van der Waals surface area contributed by atoms with Crippen molar-refractivity contribution in [1.29, 1.82) is 0 Å². The van der Waals surface area contributed by atoms with Gasteiger partial charge in [0.2, 0.25) is 11.8 Å². The summed E-state index contributed by atoms with van der Waals surface area (Å²) >= 11 is 0. The molecule has 2 heterocycles. The monoisotopic (exact) mass is 371 g/mol. The van der Waals surface area contributed by atoms with Crippen LogP contribution in [0.4, 0.5) is 5.69 Å². The summed E-state index contributed by atoms with van der Waals surface area (Å²) in [5, 5.41) is 0. The molecule has 2 aliphatic heterocycles. The molecule has 0 bridgehead atoms. The van der Waals surface area contributed by atoms with Crippen molar-refractivity contribution in [3.63, 3.8) is 0 Å². The Labute approximate surface area is 163 Å². The minimum absolute atomic E-state index is 0.0810. The number of benzene rings is 1. The number of nitrogens with zero attached hydrogens (tertiary/aromatic N) is 3. The molecule has 5 nitrogen and oxygen atoms in total. The van der Waals surface area contributed by atoms with E-state index >= 15 is 0 Å². The van der Waals surface area contributed by atoms with E-state index in [4.69, 9.17) is 0 Å². The lowest BCUT2D eigenvalue weighted by Crippen LogP contribution is -2.49. The van der Waals surface area contributed by atoms with Gasteiger partial charge in [-0.15, -0.1) is 0 Å². The van der Waals surface area contributed by atoms with Gasteiger partial charge in [-0.2, -0.15) is 0 Å². The van der Waals surface area contributed by atoms with Crippen molar-refractivity contribution >= 4 is 17.5 Å². The molecule has 27 heavy (non-hydrogen) atoms. The van der Waals surface area contributed by atoms with E-state index in [1.165, 1.54) is 11.1 Å². The van der Waals surface area contributed by atoms with Gasteiger partial charge in [0.15, 0.2) is 0 Å². The van der Waals surface area contributed by atoms with E-state index < -0.39 is 0 Å². The summed E-state index contributed by atoms with van der Waals surface area (Å²) in [5.41, 5.74) is 3.44. The number of piperazine rings is 1.